The number of furan rings is 1. The van der Waals surface area contributed by atoms with Crippen LogP contribution in [-0.4, -0.2) is 4.98 Å². The Bertz CT molecular complexity index is 454. The Morgan fingerprint density at radius 2 is 2.31 bits per heavy atom. The van der Waals surface area contributed by atoms with E-state index in [1.807, 2.05) is 19.1 Å². The average Bonchev–Trinajstić information content (AvgIpc) is 2.63. The second kappa shape index (κ2) is 3.05. The number of hydrogen-bond donors (Lipinski definition) is 0. The van der Waals surface area contributed by atoms with Gasteiger partial charge in [-0.15, -0.1) is 0 Å². The first-order chi connectivity index (χ1) is 6.33. The summed E-state index contributed by atoms with van der Waals surface area (Å²) in [5.41, 5.74) is 3.08. The van der Waals surface area contributed by atoms with E-state index in [2.05, 4.69) is 18.0 Å². The highest BCUT2D eigenvalue weighted by Crippen LogP contribution is 2.23. The third kappa shape index (κ3) is 1.24. The molecule has 0 bridgehead atoms. The average molecular weight is 173 g/mol. The van der Waals surface area contributed by atoms with E-state index in [-0.39, 0.29) is 0 Å². The Kier molecular flexibility index (Phi) is 1.89. The Balaban J connectivity index is 2.75. The summed E-state index contributed by atoms with van der Waals surface area (Å²) in [6.07, 6.45) is 5.52. The van der Waals surface area contributed by atoms with Crippen molar-refractivity contribution in [3.8, 4) is 0 Å². The number of hydrogen-bond acceptors (Lipinski definition) is 2. The molecule has 0 saturated carbocycles. The van der Waals surface area contributed by atoms with Crippen LogP contribution in [0.4, 0.5) is 0 Å². The SMILES string of the molecule is C/C=C(\C)c1nccc2occc12. The molecule has 0 amide bonds. The van der Waals surface area contributed by atoms with Gasteiger partial charge in [-0.1, -0.05) is 6.08 Å². The molecule has 13 heavy (non-hydrogen) atoms. The van der Waals surface area contributed by atoms with Gasteiger partial charge in [0.15, 0.2) is 0 Å². The van der Waals surface area contributed by atoms with E-state index in [0.717, 1.165) is 16.7 Å². The molecule has 2 aromatic rings. The van der Waals surface area contributed by atoms with Gasteiger partial charge in [0.2, 0.25) is 0 Å². The maximum Gasteiger partial charge on any atom is 0.137 e. The summed E-state index contributed by atoms with van der Waals surface area (Å²) in [6.45, 7) is 4.06. The van der Waals surface area contributed by atoms with Crippen LogP contribution >= 0.6 is 0 Å². The molecule has 0 aliphatic carbocycles. The van der Waals surface area contributed by atoms with Gasteiger partial charge in [0.25, 0.3) is 0 Å². The van der Waals surface area contributed by atoms with E-state index in [9.17, 15) is 0 Å². The number of nitrogens with zero attached hydrogens (tertiary/aromatic N) is 1. The van der Waals surface area contributed by atoms with Crippen LogP contribution < -0.4 is 0 Å². The molecule has 66 valence electrons. The van der Waals surface area contributed by atoms with Gasteiger partial charge < -0.3 is 4.42 Å². The largest absolute Gasteiger partial charge is 0.464 e. The first-order valence-electron chi connectivity index (χ1n) is 4.28. The van der Waals surface area contributed by atoms with Crippen molar-refractivity contribution in [3.05, 3.63) is 36.4 Å². The van der Waals surface area contributed by atoms with Crippen LogP contribution in [0.2, 0.25) is 0 Å². The van der Waals surface area contributed by atoms with E-state index in [1.165, 1.54) is 5.57 Å². The minimum absolute atomic E-state index is 0.895. The zero-order valence-electron chi connectivity index (χ0n) is 7.74. The second-order valence-corrected chi connectivity index (χ2v) is 2.96. The van der Waals surface area contributed by atoms with Gasteiger partial charge in [-0.2, -0.15) is 0 Å². The molecule has 0 radical (unpaired) electrons. The minimum atomic E-state index is 0.895. The maximum absolute atomic E-state index is 5.29. The summed E-state index contributed by atoms with van der Waals surface area (Å²) in [4.78, 5) is 4.32. The maximum atomic E-state index is 5.29. The van der Waals surface area contributed by atoms with Crippen molar-refractivity contribution in [3.63, 3.8) is 0 Å². The molecule has 0 N–H and O–H groups in total. The van der Waals surface area contributed by atoms with Crippen LogP contribution in [0.15, 0.2) is 35.1 Å². The predicted molar refractivity (Wildman–Crippen MR) is 53.3 cm³/mol. The zero-order chi connectivity index (χ0) is 9.26. The highest BCUT2D eigenvalue weighted by Gasteiger charge is 2.04. The second-order valence-electron chi connectivity index (χ2n) is 2.96. The number of fused-ring (bicyclic) bond motifs is 1. The minimum Gasteiger partial charge on any atom is -0.464 e. The normalized spacial score (nSPS) is 12.3. The monoisotopic (exact) mass is 173 g/mol. The van der Waals surface area contributed by atoms with Gasteiger partial charge in [0, 0.05) is 11.6 Å². The first kappa shape index (κ1) is 8.05. The quantitative estimate of drug-likeness (QED) is 0.661. The number of pyridine rings is 1. The third-order valence-corrected chi connectivity index (χ3v) is 2.19. The highest BCUT2D eigenvalue weighted by atomic mass is 16.3. The molecule has 0 aromatic carbocycles. The van der Waals surface area contributed by atoms with Crippen LogP contribution in [-0.2, 0) is 0 Å². The standard InChI is InChI=1S/C11H11NO/c1-3-8(2)11-9-5-7-13-10(9)4-6-12-11/h3-7H,1-2H3/b8-3+. The molecule has 2 rings (SSSR count). The summed E-state index contributed by atoms with van der Waals surface area (Å²) >= 11 is 0. The smallest absolute Gasteiger partial charge is 0.137 e. The van der Waals surface area contributed by atoms with Crippen molar-refractivity contribution in [2.45, 2.75) is 13.8 Å². The lowest BCUT2D eigenvalue weighted by molar-refractivity contribution is 0.615. The molecule has 0 aliphatic rings. The molecule has 2 nitrogen and oxygen atoms in total. The van der Waals surface area contributed by atoms with Gasteiger partial charge in [-0.3, -0.25) is 4.98 Å². The molecule has 2 aromatic heterocycles. The lowest BCUT2D eigenvalue weighted by atomic mass is 10.1. The van der Waals surface area contributed by atoms with Gasteiger partial charge in [-0.05, 0) is 31.6 Å². The van der Waals surface area contributed by atoms with E-state index in [1.54, 1.807) is 12.5 Å². The van der Waals surface area contributed by atoms with Gasteiger partial charge >= 0.3 is 0 Å². The van der Waals surface area contributed by atoms with Crippen molar-refractivity contribution in [2.75, 3.05) is 0 Å². The van der Waals surface area contributed by atoms with Crippen molar-refractivity contribution >= 4 is 16.5 Å². The summed E-state index contributed by atoms with van der Waals surface area (Å²) in [5.74, 6) is 0. The lowest BCUT2D eigenvalue weighted by Gasteiger charge is -1.99. The van der Waals surface area contributed by atoms with Gasteiger partial charge in [0.05, 0.1) is 12.0 Å². The summed E-state index contributed by atoms with van der Waals surface area (Å²) < 4.78 is 5.29. The van der Waals surface area contributed by atoms with Gasteiger partial charge in [-0.25, -0.2) is 0 Å². The third-order valence-electron chi connectivity index (χ3n) is 2.19. The molecular weight excluding hydrogens is 162 g/mol. The molecule has 0 unspecified atom stereocenters. The van der Waals surface area contributed by atoms with E-state index < -0.39 is 0 Å². The highest BCUT2D eigenvalue weighted by molar-refractivity contribution is 5.88. The molecule has 0 fully saturated rings. The van der Waals surface area contributed by atoms with E-state index in [0.29, 0.717) is 0 Å². The number of allylic oxidation sites excluding steroid dienone is 2. The number of rotatable bonds is 1. The summed E-state index contributed by atoms with van der Waals surface area (Å²) in [6, 6.07) is 3.83. The van der Waals surface area contributed by atoms with Crippen LogP contribution in [0.25, 0.3) is 16.5 Å². The zero-order valence-corrected chi connectivity index (χ0v) is 7.74. The fraction of sp³-hybridized carbons (Fsp3) is 0.182. The van der Waals surface area contributed by atoms with Gasteiger partial charge in [0.1, 0.15) is 5.58 Å². The Hall–Kier alpha value is -1.57. The van der Waals surface area contributed by atoms with Crippen LogP contribution in [0.3, 0.4) is 0 Å². The number of aromatic nitrogens is 1. The van der Waals surface area contributed by atoms with Crippen LogP contribution in [0.1, 0.15) is 19.5 Å². The fourth-order valence-electron chi connectivity index (χ4n) is 1.35. The van der Waals surface area contributed by atoms with E-state index in [4.69, 9.17) is 4.42 Å². The van der Waals surface area contributed by atoms with Crippen LogP contribution in [0.5, 0.6) is 0 Å². The Morgan fingerprint density at radius 1 is 1.46 bits per heavy atom. The van der Waals surface area contributed by atoms with Crippen molar-refractivity contribution in [1.29, 1.82) is 0 Å². The molecule has 0 aliphatic heterocycles. The van der Waals surface area contributed by atoms with Crippen molar-refractivity contribution in [1.82, 2.24) is 4.98 Å². The Labute approximate surface area is 76.9 Å². The topological polar surface area (TPSA) is 26.0 Å². The fourth-order valence-corrected chi connectivity index (χ4v) is 1.35. The molecule has 2 heteroatoms. The van der Waals surface area contributed by atoms with E-state index >= 15 is 0 Å². The molecule has 0 atom stereocenters. The van der Waals surface area contributed by atoms with Crippen molar-refractivity contribution < 1.29 is 4.42 Å². The predicted octanol–water partition coefficient (Wildman–Crippen LogP) is 3.25. The summed E-state index contributed by atoms with van der Waals surface area (Å²) in [7, 11) is 0. The Morgan fingerprint density at radius 3 is 3.08 bits per heavy atom. The lowest BCUT2D eigenvalue weighted by Crippen LogP contribution is -1.84. The summed E-state index contributed by atoms with van der Waals surface area (Å²) in [5, 5.41) is 1.08. The molecule has 0 saturated heterocycles. The van der Waals surface area contributed by atoms with Crippen molar-refractivity contribution in [2.24, 2.45) is 0 Å². The first-order valence-corrected chi connectivity index (χ1v) is 4.28. The molecule has 0 spiro atoms. The molecule has 2 heterocycles. The molecular formula is C11H11NO. The van der Waals surface area contributed by atoms with Crippen LogP contribution in [0, 0.1) is 0 Å².